The highest BCUT2D eigenvalue weighted by Gasteiger charge is 2.27. The molecule has 0 saturated carbocycles. The summed E-state index contributed by atoms with van der Waals surface area (Å²) in [5.74, 6) is 0.707. The first-order chi connectivity index (χ1) is 12.5. The van der Waals surface area contributed by atoms with E-state index in [1.54, 1.807) is 0 Å². The zero-order valence-electron chi connectivity index (χ0n) is 15.6. The predicted molar refractivity (Wildman–Crippen MR) is 103 cm³/mol. The first-order valence-corrected chi connectivity index (χ1v) is 9.53. The van der Waals surface area contributed by atoms with E-state index >= 15 is 0 Å². The van der Waals surface area contributed by atoms with E-state index in [2.05, 4.69) is 41.2 Å². The molecule has 0 aliphatic carbocycles. The van der Waals surface area contributed by atoms with Crippen LogP contribution in [0.25, 0.3) is 5.69 Å². The van der Waals surface area contributed by atoms with E-state index in [1.165, 1.54) is 5.56 Å². The fourth-order valence-electron chi connectivity index (χ4n) is 3.43. The highest BCUT2D eigenvalue weighted by Crippen LogP contribution is 2.19. The van der Waals surface area contributed by atoms with Crippen molar-refractivity contribution >= 4 is 18.2 Å². The lowest BCUT2D eigenvalue weighted by molar-refractivity contribution is -0.150. The number of ether oxygens (including phenoxy) is 1. The monoisotopic (exact) mass is 374 g/mol. The number of carbonyl (C=O) groups excluding carboxylic acids is 1. The van der Waals surface area contributed by atoms with Gasteiger partial charge in [0.2, 0.25) is 4.77 Å². The molecule has 0 unspecified atom stereocenters. The maximum atomic E-state index is 12.0. The summed E-state index contributed by atoms with van der Waals surface area (Å²) in [6.07, 6.45) is 1.87. The Labute approximate surface area is 159 Å². The second-order valence-electron chi connectivity index (χ2n) is 6.81. The summed E-state index contributed by atoms with van der Waals surface area (Å²) in [4.78, 5) is 14.3. The molecule has 140 valence electrons. The standard InChI is InChI=1S/C19H26N4O2S/c1-4-25-18(24)16-6-5-11-21(12-16)13-22-19(26)23(15(3)20-22)17-9-7-14(2)8-10-17/h7-10,16H,4-6,11-13H2,1-3H3/t16-/m1/s1. The van der Waals surface area contributed by atoms with Gasteiger partial charge in [0.1, 0.15) is 5.82 Å². The fourth-order valence-corrected chi connectivity index (χ4v) is 3.76. The number of piperidine rings is 1. The molecule has 6 nitrogen and oxygen atoms in total. The van der Waals surface area contributed by atoms with Gasteiger partial charge >= 0.3 is 5.97 Å². The van der Waals surface area contributed by atoms with Gasteiger partial charge in [-0.25, -0.2) is 4.68 Å². The van der Waals surface area contributed by atoms with E-state index in [9.17, 15) is 4.79 Å². The Hall–Kier alpha value is -1.99. The summed E-state index contributed by atoms with van der Waals surface area (Å²) in [6.45, 7) is 8.53. The minimum Gasteiger partial charge on any atom is -0.466 e. The molecule has 3 rings (SSSR count). The maximum Gasteiger partial charge on any atom is 0.310 e. The number of benzene rings is 1. The van der Waals surface area contributed by atoms with Crippen molar-refractivity contribution < 1.29 is 9.53 Å². The van der Waals surface area contributed by atoms with Gasteiger partial charge in [-0.15, -0.1) is 0 Å². The molecular weight excluding hydrogens is 348 g/mol. The molecule has 0 amide bonds. The molecule has 26 heavy (non-hydrogen) atoms. The van der Waals surface area contributed by atoms with Crippen LogP contribution in [-0.4, -0.2) is 44.9 Å². The van der Waals surface area contributed by atoms with Gasteiger partial charge in [0.15, 0.2) is 0 Å². The number of hydrogen-bond donors (Lipinski definition) is 0. The number of rotatable bonds is 5. The first-order valence-electron chi connectivity index (χ1n) is 9.12. The van der Waals surface area contributed by atoms with Crippen LogP contribution in [0, 0.1) is 24.5 Å². The van der Waals surface area contributed by atoms with Crippen molar-refractivity contribution in [3.05, 3.63) is 40.4 Å². The molecular formula is C19H26N4O2S. The van der Waals surface area contributed by atoms with Crippen LogP contribution in [0.4, 0.5) is 0 Å². The topological polar surface area (TPSA) is 52.3 Å². The zero-order chi connectivity index (χ0) is 18.7. The largest absolute Gasteiger partial charge is 0.466 e. The molecule has 1 aliphatic rings. The number of likely N-dealkylation sites (tertiary alicyclic amines) is 1. The van der Waals surface area contributed by atoms with Crippen molar-refractivity contribution in [2.75, 3.05) is 19.7 Å². The molecule has 0 spiro atoms. The van der Waals surface area contributed by atoms with E-state index in [0.29, 0.717) is 24.6 Å². The molecule has 2 aromatic rings. The summed E-state index contributed by atoms with van der Waals surface area (Å²) in [6, 6.07) is 8.26. The summed E-state index contributed by atoms with van der Waals surface area (Å²) in [5.41, 5.74) is 2.23. The smallest absolute Gasteiger partial charge is 0.310 e. The molecule has 1 atom stereocenters. The Morgan fingerprint density at radius 2 is 2.04 bits per heavy atom. The van der Waals surface area contributed by atoms with Crippen molar-refractivity contribution in [1.82, 2.24) is 19.2 Å². The van der Waals surface area contributed by atoms with Crippen LogP contribution >= 0.6 is 12.2 Å². The predicted octanol–water partition coefficient (Wildman–Crippen LogP) is 3.25. The van der Waals surface area contributed by atoms with Crippen LogP contribution in [0.2, 0.25) is 0 Å². The normalized spacial score (nSPS) is 18.0. The summed E-state index contributed by atoms with van der Waals surface area (Å²) >= 11 is 5.66. The number of hydrogen-bond acceptors (Lipinski definition) is 5. The second kappa shape index (κ2) is 8.14. The van der Waals surface area contributed by atoms with Crippen LogP contribution in [0.15, 0.2) is 24.3 Å². The highest BCUT2D eigenvalue weighted by molar-refractivity contribution is 7.71. The van der Waals surface area contributed by atoms with Crippen LogP contribution in [-0.2, 0) is 16.2 Å². The highest BCUT2D eigenvalue weighted by atomic mass is 32.1. The third-order valence-corrected chi connectivity index (χ3v) is 5.15. The van der Waals surface area contributed by atoms with Crippen molar-refractivity contribution in [3.8, 4) is 5.69 Å². The number of carbonyl (C=O) groups is 1. The molecule has 7 heteroatoms. The third kappa shape index (κ3) is 4.04. The molecule has 0 N–H and O–H groups in total. The van der Waals surface area contributed by atoms with Gasteiger partial charge in [-0.1, -0.05) is 17.7 Å². The molecule has 1 aromatic carbocycles. The molecule has 1 aliphatic heterocycles. The quantitative estimate of drug-likeness (QED) is 0.594. The average Bonchev–Trinajstić information content (AvgIpc) is 2.90. The van der Waals surface area contributed by atoms with Gasteiger partial charge in [-0.3, -0.25) is 14.3 Å². The number of aromatic nitrogens is 3. The van der Waals surface area contributed by atoms with Crippen LogP contribution in [0.3, 0.4) is 0 Å². The molecule has 0 bridgehead atoms. The Balaban J connectivity index is 1.76. The van der Waals surface area contributed by atoms with E-state index in [0.717, 1.165) is 30.9 Å². The Morgan fingerprint density at radius 1 is 1.31 bits per heavy atom. The fraction of sp³-hybridized carbons (Fsp3) is 0.526. The second-order valence-corrected chi connectivity index (χ2v) is 7.18. The number of esters is 1. The molecule has 2 heterocycles. The summed E-state index contributed by atoms with van der Waals surface area (Å²) in [7, 11) is 0. The van der Waals surface area contributed by atoms with Crippen molar-refractivity contribution in [1.29, 1.82) is 0 Å². The van der Waals surface area contributed by atoms with E-state index in [4.69, 9.17) is 17.0 Å². The first kappa shape index (κ1) is 18.8. The van der Waals surface area contributed by atoms with Gasteiger partial charge in [-0.2, -0.15) is 5.10 Å². The van der Waals surface area contributed by atoms with Crippen molar-refractivity contribution in [2.45, 2.75) is 40.3 Å². The van der Waals surface area contributed by atoms with Gasteiger partial charge < -0.3 is 4.74 Å². The molecule has 1 fully saturated rings. The summed E-state index contributed by atoms with van der Waals surface area (Å²) < 4.78 is 9.69. The van der Waals surface area contributed by atoms with Crippen LogP contribution in [0.5, 0.6) is 0 Å². The Bertz CT molecular complexity index is 825. The Morgan fingerprint density at radius 3 is 2.73 bits per heavy atom. The van der Waals surface area contributed by atoms with Crippen molar-refractivity contribution in [2.24, 2.45) is 5.92 Å². The zero-order valence-corrected chi connectivity index (χ0v) is 16.5. The molecule has 1 aromatic heterocycles. The molecule has 0 radical (unpaired) electrons. The van der Waals surface area contributed by atoms with Crippen LogP contribution < -0.4 is 0 Å². The minimum atomic E-state index is -0.0952. The van der Waals surface area contributed by atoms with E-state index < -0.39 is 0 Å². The Kier molecular flexibility index (Phi) is 5.88. The summed E-state index contributed by atoms with van der Waals surface area (Å²) in [5, 5.41) is 4.63. The lowest BCUT2D eigenvalue weighted by Gasteiger charge is -2.31. The average molecular weight is 375 g/mol. The lowest BCUT2D eigenvalue weighted by Crippen LogP contribution is -2.40. The van der Waals surface area contributed by atoms with E-state index in [1.807, 2.05) is 23.1 Å². The van der Waals surface area contributed by atoms with Crippen molar-refractivity contribution in [3.63, 3.8) is 0 Å². The van der Waals surface area contributed by atoms with Gasteiger partial charge in [0.05, 0.1) is 19.2 Å². The minimum absolute atomic E-state index is 0.0573. The third-order valence-electron chi connectivity index (χ3n) is 4.75. The van der Waals surface area contributed by atoms with E-state index in [-0.39, 0.29) is 11.9 Å². The van der Waals surface area contributed by atoms with Gasteiger partial charge in [0.25, 0.3) is 0 Å². The van der Waals surface area contributed by atoms with Gasteiger partial charge in [0, 0.05) is 12.2 Å². The van der Waals surface area contributed by atoms with Crippen LogP contribution in [0.1, 0.15) is 31.2 Å². The lowest BCUT2D eigenvalue weighted by atomic mass is 9.99. The van der Waals surface area contributed by atoms with Gasteiger partial charge in [-0.05, 0) is 64.5 Å². The molecule has 1 saturated heterocycles. The number of aryl methyl sites for hydroxylation is 2. The SMILES string of the molecule is CCOC(=O)[C@@H]1CCCN(Cn2nc(C)n(-c3ccc(C)cc3)c2=S)C1. The maximum absolute atomic E-state index is 12.0. The number of nitrogens with zero attached hydrogens (tertiary/aromatic N) is 4.